The number of aryl methyl sites for hydroxylation is 2. The molecular weight excluding hydrogens is 694 g/mol. The van der Waals surface area contributed by atoms with Crippen molar-refractivity contribution >= 4 is 28.2 Å². The molecule has 4 atom stereocenters. The van der Waals surface area contributed by atoms with Crippen molar-refractivity contribution in [3.63, 3.8) is 0 Å². The van der Waals surface area contributed by atoms with Gasteiger partial charge in [0, 0.05) is 74.8 Å². The Labute approximate surface area is 312 Å². The molecule has 0 aliphatic carbocycles. The SMILES string of the molecule is CCc1c(F)ccc2cc(O)cc(N3CCc4c(nc(OC[C@@]56CCCN5C[C@H](F)C6)nc4N4CCCn5nc(C(=O)N6CC7CC(C6)O7)cc5C4)C3)c12. The molecule has 1 N–H and O–H groups in total. The van der Waals surface area contributed by atoms with Crippen molar-refractivity contribution in [2.24, 2.45) is 0 Å². The van der Waals surface area contributed by atoms with Gasteiger partial charge in [-0.05, 0) is 67.8 Å². The lowest BCUT2D eigenvalue weighted by Gasteiger charge is -2.46. The molecule has 7 aliphatic rings. The summed E-state index contributed by atoms with van der Waals surface area (Å²) in [5.74, 6) is 0.604. The number of rotatable bonds is 7. The van der Waals surface area contributed by atoms with Gasteiger partial charge in [-0.15, -0.1) is 0 Å². The van der Waals surface area contributed by atoms with Crippen LogP contribution in [0.25, 0.3) is 10.8 Å². The maximum absolute atomic E-state index is 15.2. The number of ether oxygens (including phenoxy) is 2. The molecule has 5 fully saturated rings. The second-order valence-corrected chi connectivity index (χ2v) is 16.1. The number of aromatic nitrogens is 4. The number of anilines is 2. The number of hydrogen-bond donors (Lipinski definition) is 1. The molecule has 0 saturated carbocycles. The lowest BCUT2D eigenvalue weighted by Crippen LogP contribution is -2.58. The zero-order valence-corrected chi connectivity index (χ0v) is 30.6. The van der Waals surface area contributed by atoms with E-state index < -0.39 is 6.17 Å². The summed E-state index contributed by atoms with van der Waals surface area (Å²) in [7, 11) is 0. The molecule has 284 valence electrons. The van der Waals surface area contributed by atoms with E-state index in [1.807, 2.05) is 22.6 Å². The standard InChI is InChI=1S/C40H46F2N8O4/c1-2-30-32(42)6-5-24-13-27(51)15-35(36(24)30)46-12-7-31-34(22-46)43-39(53-23-40-8-3-10-49(40)18-25(41)17-40)44-37(31)47-9-4-11-50-26(19-47)14-33(45-50)38(52)48-20-28-16-29(21-48)54-28/h5-6,13-15,25,28-29,51H,2-4,7-12,16-23H2,1H3/t25-,28?,29?,40+/m1/s1. The molecule has 2 bridgehead atoms. The molecule has 12 nitrogen and oxygen atoms in total. The highest BCUT2D eigenvalue weighted by Crippen LogP contribution is 2.42. The number of benzene rings is 2. The summed E-state index contributed by atoms with van der Waals surface area (Å²) >= 11 is 0. The Morgan fingerprint density at radius 2 is 1.89 bits per heavy atom. The Morgan fingerprint density at radius 3 is 2.72 bits per heavy atom. The Balaban J connectivity index is 0.992. The van der Waals surface area contributed by atoms with Gasteiger partial charge < -0.3 is 29.3 Å². The number of hydrogen-bond acceptors (Lipinski definition) is 10. The number of phenols is 1. The predicted molar refractivity (Wildman–Crippen MR) is 197 cm³/mol. The van der Waals surface area contributed by atoms with Crippen molar-refractivity contribution in [3.8, 4) is 11.8 Å². The Bertz CT molecular complexity index is 2130. The first-order valence-corrected chi connectivity index (χ1v) is 19.6. The maximum Gasteiger partial charge on any atom is 0.318 e. The van der Waals surface area contributed by atoms with Crippen LogP contribution in [-0.2, 0) is 37.2 Å². The van der Waals surface area contributed by atoms with Gasteiger partial charge in [0.1, 0.15) is 30.2 Å². The summed E-state index contributed by atoms with van der Waals surface area (Å²) in [6.45, 7) is 7.72. The zero-order valence-electron chi connectivity index (χ0n) is 30.6. The van der Waals surface area contributed by atoms with E-state index in [4.69, 9.17) is 24.5 Å². The third kappa shape index (κ3) is 5.75. The average molecular weight is 741 g/mol. The van der Waals surface area contributed by atoms with Crippen LogP contribution in [-0.4, -0.2) is 110 Å². The zero-order chi connectivity index (χ0) is 36.7. The predicted octanol–water partition coefficient (Wildman–Crippen LogP) is 4.77. The van der Waals surface area contributed by atoms with E-state index in [-0.39, 0.29) is 41.2 Å². The molecule has 7 aliphatic heterocycles. The third-order valence-electron chi connectivity index (χ3n) is 12.7. The fourth-order valence-electron chi connectivity index (χ4n) is 10.1. The number of amides is 1. The van der Waals surface area contributed by atoms with Gasteiger partial charge in [-0.1, -0.05) is 13.0 Å². The highest BCUT2D eigenvalue weighted by Gasteiger charge is 2.49. The summed E-state index contributed by atoms with van der Waals surface area (Å²) in [5, 5.41) is 17.1. The molecule has 2 aromatic heterocycles. The van der Waals surface area contributed by atoms with Crippen LogP contribution in [0.4, 0.5) is 20.3 Å². The number of phenolic OH excluding ortho intramolecular Hbond substituents is 1. The van der Waals surface area contributed by atoms with E-state index in [1.165, 1.54) is 6.07 Å². The lowest BCUT2D eigenvalue weighted by atomic mass is 9.95. The van der Waals surface area contributed by atoms with Gasteiger partial charge in [-0.3, -0.25) is 14.4 Å². The molecule has 2 unspecified atom stereocenters. The van der Waals surface area contributed by atoms with Crippen LogP contribution in [0.3, 0.4) is 0 Å². The Hall–Kier alpha value is -4.56. The van der Waals surface area contributed by atoms with Gasteiger partial charge in [0.05, 0.1) is 42.2 Å². The van der Waals surface area contributed by atoms with Crippen molar-refractivity contribution in [2.75, 3.05) is 55.7 Å². The van der Waals surface area contributed by atoms with E-state index in [0.717, 1.165) is 78.0 Å². The third-order valence-corrected chi connectivity index (χ3v) is 12.7. The summed E-state index contributed by atoms with van der Waals surface area (Å²) in [6, 6.07) is 8.78. The number of piperidine rings is 1. The van der Waals surface area contributed by atoms with Crippen molar-refractivity contribution in [1.82, 2.24) is 29.5 Å². The summed E-state index contributed by atoms with van der Waals surface area (Å²) in [6.07, 6.45) is 4.69. The van der Waals surface area contributed by atoms with Crippen LogP contribution in [0.1, 0.15) is 72.0 Å². The van der Waals surface area contributed by atoms with Gasteiger partial charge in [0.25, 0.3) is 5.91 Å². The summed E-state index contributed by atoms with van der Waals surface area (Å²) in [5.41, 5.74) is 4.26. The van der Waals surface area contributed by atoms with Crippen LogP contribution < -0.4 is 14.5 Å². The minimum absolute atomic E-state index is 0.0522. The number of aromatic hydroxyl groups is 1. The van der Waals surface area contributed by atoms with Crippen LogP contribution in [0.15, 0.2) is 30.3 Å². The molecule has 14 heteroatoms. The minimum Gasteiger partial charge on any atom is -0.508 e. The highest BCUT2D eigenvalue weighted by atomic mass is 19.1. The Kier molecular flexibility index (Phi) is 8.20. The summed E-state index contributed by atoms with van der Waals surface area (Å²) in [4.78, 5) is 32.2. The van der Waals surface area contributed by atoms with E-state index in [9.17, 15) is 14.3 Å². The number of alkyl halides is 1. The number of carbonyl (C=O) groups excluding carboxylic acids is 1. The topological polar surface area (TPSA) is 112 Å². The van der Waals surface area contributed by atoms with E-state index >= 15 is 4.39 Å². The van der Waals surface area contributed by atoms with Crippen LogP contribution in [0, 0.1) is 5.82 Å². The molecule has 0 radical (unpaired) electrons. The number of fused-ring (bicyclic) bond motifs is 6. The molecule has 1 amide bonds. The monoisotopic (exact) mass is 740 g/mol. The van der Waals surface area contributed by atoms with Gasteiger partial charge in [0.15, 0.2) is 5.69 Å². The lowest BCUT2D eigenvalue weighted by molar-refractivity contribution is -0.171. The Morgan fingerprint density at radius 1 is 1.04 bits per heavy atom. The van der Waals surface area contributed by atoms with Gasteiger partial charge in [0.2, 0.25) is 0 Å². The molecule has 2 aromatic carbocycles. The molecular formula is C40H46F2N8O4. The molecule has 4 aromatic rings. The first kappa shape index (κ1) is 34.0. The second kappa shape index (κ2) is 13.0. The molecule has 9 heterocycles. The fraction of sp³-hybridized carbons (Fsp3) is 0.550. The first-order valence-electron chi connectivity index (χ1n) is 19.6. The van der Waals surface area contributed by atoms with E-state index in [2.05, 4.69) is 14.7 Å². The van der Waals surface area contributed by atoms with Crippen molar-refractivity contribution < 1.29 is 28.2 Å². The minimum atomic E-state index is -0.870. The van der Waals surface area contributed by atoms with Crippen molar-refractivity contribution in [3.05, 3.63) is 64.4 Å². The van der Waals surface area contributed by atoms with Crippen molar-refractivity contribution in [2.45, 2.75) is 95.4 Å². The number of halogens is 2. The molecule has 5 saturated heterocycles. The first-order chi connectivity index (χ1) is 26.2. The highest BCUT2D eigenvalue weighted by molar-refractivity contribution is 5.98. The molecule has 54 heavy (non-hydrogen) atoms. The smallest absolute Gasteiger partial charge is 0.318 e. The average Bonchev–Trinajstić information content (AvgIpc) is 3.79. The number of carbonyl (C=O) groups is 1. The maximum atomic E-state index is 15.2. The van der Waals surface area contributed by atoms with Gasteiger partial charge in [-0.25, -0.2) is 8.78 Å². The van der Waals surface area contributed by atoms with Crippen LogP contribution in [0.2, 0.25) is 0 Å². The van der Waals surface area contributed by atoms with E-state index in [0.29, 0.717) is 82.9 Å². The molecule has 11 rings (SSSR count). The quantitative estimate of drug-likeness (QED) is 0.285. The number of morpholine rings is 1. The van der Waals surface area contributed by atoms with Crippen molar-refractivity contribution in [1.29, 1.82) is 0 Å². The van der Waals surface area contributed by atoms with E-state index in [1.54, 1.807) is 18.2 Å². The van der Waals surface area contributed by atoms with Crippen LogP contribution >= 0.6 is 0 Å². The van der Waals surface area contributed by atoms with Gasteiger partial charge >= 0.3 is 6.01 Å². The van der Waals surface area contributed by atoms with Gasteiger partial charge in [-0.2, -0.15) is 15.1 Å². The van der Waals surface area contributed by atoms with Crippen LogP contribution in [0.5, 0.6) is 11.8 Å². The fourth-order valence-corrected chi connectivity index (χ4v) is 10.1. The molecule has 0 spiro atoms. The second-order valence-electron chi connectivity index (χ2n) is 16.1. The largest absolute Gasteiger partial charge is 0.508 e. The summed E-state index contributed by atoms with van der Waals surface area (Å²) < 4.78 is 44.1. The number of nitrogens with zero attached hydrogens (tertiary/aromatic N) is 8. The normalized spacial score (nSPS) is 26.4.